The molecule has 0 aromatic carbocycles. The van der Waals surface area contributed by atoms with Crippen LogP contribution >= 0.6 is 12.4 Å². The summed E-state index contributed by atoms with van der Waals surface area (Å²) in [6.07, 6.45) is 4.91. The predicted octanol–water partition coefficient (Wildman–Crippen LogP) is 2.64. The maximum absolute atomic E-state index is 3.97. The molecule has 0 saturated carbocycles. The molecule has 14 heavy (non-hydrogen) atoms. The van der Waals surface area contributed by atoms with Gasteiger partial charge in [-0.25, -0.2) is 0 Å². The fourth-order valence-electron chi connectivity index (χ4n) is 1.12. The largest absolute Gasteiger partial charge is 0.313 e. The van der Waals surface area contributed by atoms with Crippen molar-refractivity contribution in [2.24, 2.45) is 5.92 Å². The van der Waals surface area contributed by atoms with Crippen LogP contribution in [-0.4, -0.2) is 11.5 Å². The fourth-order valence-corrected chi connectivity index (χ4v) is 1.12. The highest BCUT2D eigenvalue weighted by atomic mass is 35.5. The van der Waals surface area contributed by atoms with Crippen LogP contribution in [0.5, 0.6) is 0 Å². The topological polar surface area (TPSA) is 24.9 Å². The molecule has 0 saturated heterocycles. The molecule has 1 heterocycles. The molecule has 1 rings (SSSR count). The van der Waals surface area contributed by atoms with Crippen molar-refractivity contribution in [3.05, 3.63) is 30.1 Å². The van der Waals surface area contributed by atoms with Crippen LogP contribution in [0.1, 0.15) is 25.8 Å². The van der Waals surface area contributed by atoms with Gasteiger partial charge in [0.2, 0.25) is 0 Å². The molecule has 0 aliphatic carbocycles. The van der Waals surface area contributed by atoms with Gasteiger partial charge in [0.15, 0.2) is 0 Å². The first kappa shape index (κ1) is 13.4. The minimum Gasteiger partial charge on any atom is -0.313 e. The van der Waals surface area contributed by atoms with Crippen molar-refractivity contribution < 1.29 is 0 Å². The van der Waals surface area contributed by atoms with Crippen LogP contribution in [0.2, 0.25) is 0 Å². The van der Waals surface area contributed by atoms with Crippen LogP contribution < -0.4 is 5.32 Å². The highest BCUT2D eigenvalue weighted by Gasteiger charge is 1.93. The smallest absolute Gasteiger partial charge is 0.0271 e. The molecule has 0 aliphatic rings. The molecule has 1 N–H and O–H groups in total. The molecule has 3 heteroatoms. The molecule has 1 aromatic rings. The van der Waals surface area contributed by atoms with Crippen LogP contribution in [-0.2, 0) is 6.54 Å². The number of rotatable bonds is 5. The number of aromatic nitrogens is 1. The maximum atomic E-state index is 3.97. The molecule has 0 amide bonds. The molecular formula is C11H19ClN2. The summed E-state index contributed by atoms with van der Waals surface area (Å²) in [5.74, 6) is 0.782. The minimum absolute atomic E-state index is 0. The quantitative estimate of drug-likeness (QED) is 0.763. The SMILES string of the molecule is CC(C)CCNCc1ccncc1.Cl. The van der Waals surface area contributed by atoms with E-state index in [2.05, 4.69) is 24.1 Å². The lowest BCUT2D eigenvalue weighted by Crippen LogP contribution is -2.16. The molecule has 1 aromatic heterocycles. The Labute approximate surface area is 92.5 Å². The lowest BCUT2D eigenvalue weighted by molar-refractivity contribution is 0.537. The van der Waals surface area contributed by atoms with Crippen molar-refractivity contribution in [3.63, 3.8) is 0 Å². The molecule has 0 bridgehead atoms. The van der Waals surface area contributed by atoms with Gasteiger partial charge in [-0.3, -0.25) is 4.98 Å². The van der Waals surface area contributed by atoms with E-state index in [1.807, 2.05) is 24.5 Å². The molecule has 0 radical (unpaired) electrons. The van der Waals surface area contributed by atoms with E-state index in [4.69, 9.17) is 0 Å². The van der Waals surface area contributed by atoms with Crippen LogP contribution in [0.4, 0.5) is 0 Å². The van der Waals surface area contributed by atoms with E-state index < -0.39 is 0 Å². The van der Waals surface area contributed by atoms with Crippen molar-refractivity contribution >= 4 is 12.4 Å². The van der Waals surface area contributed by atoms with Crippen molar-refractivity contribution in [1.29, 1.82) is 0 Å². The second-order valence-electron chi connectivity index (χ2n) is 3.71. The van der Waals surface area contributed by atoms with Gasteiger partial charge in [-0.05, 0) is 36.6 Å². The molecule has 0 unspecified atom stereocenters. The average Bonchev–Trinajstić information content (AvgIpc) is 2.14. The molecular weight excluding hydrogens is 196 g/mol. The van der Waals surface area contributed by atoms with E-state index in [9.17, 15) is 0 Å². The lowest BCUT2D eigenvalue weighted by Gasteiger charge is -2.06. The van der Waals surface area contributed by atoms with Gasteiger partial charge in [0.25, 0.3) is 0 Å². The number of hydrogen-bond donors (Lipinski definition) is 1. The number of nitrogens with one attached hydrogen (secondary N) is 1. The number of hydrogen-bond acceptors (Lipinski definition) is 2. The zero-order valence-electron chi connectivity index (χ0n) is 8.86. The Hall–Kier alpha value is -0.600. The highest BCUT2D eigenvalue weighted by Crippen LogP contribution is 1.98. The van der Waals surface area contributed by atoms with E-state index in [0.29, 0.717) is 0 Å². The molecule has 80 valence electrons. The van der Waals surface area contributed by atoms with Crippen molar-refractivity contribution in [3.8, 4) is 0 Å². The highest BCUT2D eigenvalue weighted by molar-refractivity contribution is 5.85. The third-order valence-electron chi connectivity index (χ3n) is 1.98. The summed E-state index contributed by atoms with van der Waals surface area (Å²) in [4.78, 5) is 3.97. The Balaban J connectivity index is 0.00000169. The zero-order chi connectivity index (χ0) is 9.52. The zero-order valence-corrected chi connectivity index (χ0v) is 9.68. The van der Waals surface area contributed by atoms with Crippen molar-refractivity contribution in [2.75, 3.05) is 6.54 Å². The number of halogens is 1. The Morgan fingerprint density at radius 2 is 1.93 bits per heavy atom. The van der Waals surface area contributed by atoms with Gasteiger partial charge in [0.05, 0.1) is 0 Å². The fraction of sp³-hybridized carbons (Fsp3) is 0.545. The van der Waals surface area contributed by atoms with Gasteiger partial charge in [0, 0.05) is 18.9 Å². The summed E-state index contributed by atoms with van der Waals surface area (Å²) in [5, 5.41) is 3.41. The second kappa shape index (κ2) is 7.77. The Morgan fingerprint density at radius 3 is 2.50 bits per heavy atom. The standard InChI is InChI=1S/C11H18N2.ClH/c1-10(2)3-6-13-9-11-4-7-12-8-5-11;/h4-5,7-8,10,13H,3,6,9H2,1-2H3;1H. The normalized spacial score (nSPS) is 9.93. The van der Waals surface area contributed by atoms with E-state index in [1.165, 1.54) is 12.0 Å². The van der Waals surface area contributed by atoms with Crippen molar-refractivity contribution in [2.45, 2.75) is 26.8 Å². The molecule has 0 atom stereocenters. The first-order valence-electron chi connectivity index (χ1n) is 4.88. The van der Waals surface area contributed by atoms with Gasteiger partial charge in [0.1, 0.15) is 0 Å². The summed E-state index contributed by atoms with van der Waals surface area (Å²) >= 11 is 0. The van der Waals surface area contributed by atoms with E-state index in [-0.39, 0.29) is 12.4 Å². The van der Waals surface area contributed by atoms with E-state index >= 15 is 0 Å². The maximum Gasteiger partial charge on any atom is 0.0271 e. The predicted molar refractivity (Wildman–Crippen MR) is 62.6 cm³/mol. The van der Waals surface area contributed by atoms with Gasteiger partial charge < -0.3 is 5.32 Å². The van der Waals surface area contributed by atoms with Crippen molar-refractivity contribution in [1.82, 2.24) is 10.3 Å². The first-order chi connectivity index (χ1) is 6.29. The summed E-state index contributed by atoms with van der Waals surface area (Å²) in [6.45, 7) is 6.54. The Morgan fingerprint density at radius 1 is 1.29 bits per heavy atom. The molecule has 0 spiro atoms. The van der Waals surface area contributed by atoms with Crippen LogP contribution in [0.25, 0.3) is 0 Å². The van der Waals surface area contributed by atoms with Gasteiger partial charge in [-0.1, -0.05) is 13.8 Å². The number of nitrogens with zero attached hydrogens (tertiary/aromatic N) is 1. The van der Waals surface area contributed by atoms with Crippen LogP contribution in [0, 0.1) is 5.92 Å². The van der Waals surface area contributed by atoms with E-state index in [1.54, 1.807) is 0 Å². The summed E-state index contributed by atoms with van der Waals surface area (Å²) in [5.41, 5.74) is 1.30. The number of pyridine rings is 1. The van der Waals surface area contributed by atoms with Gasteiger partial charge in [-0.2, -0.15) is 0 Å². The Kier molecular flexibility index (Phi) is 7.44. The molecule has 0 aliphatic heterocycles. The third-order valence-corrected chi connectivity index (χ3v) is 1.98. The average molecular weight is 215 g/mol. The molecule has 0 fully saturated rings. The van der Waals surface area contributed by atoms with Crippen LogP contribution in [0.3, 0.4) is 0 Å². The lowest BCUT2D eigenvalue weighted by atomic mass is 10.1. The summed E-state index contributed by atoms with van der Waals surface area (Å²) in [6, 6.07) is 4.09. The second-order valence-corrected chi connectivity index (χ2v) is 3.71. The summed E-state index contributed by atoms with van der Waals surface area (Å²) < 4.78 is 0. The first-order valence-corrected chi connectivity index (χ1v) is 4.88. The molecule has 2 nitrogen and oxygen atoms in total. The summed E-state index contributed by atoms with van der Waals surface area (Å²) in [7, 11) is 0. The third kappa shape index (κ3) is 5.95. The van der Waals surface area contributed by atoms with E-state index in [0.717, 1.165) is 19.0 Å². The van der Waals surface area contributed by atoms with Gasteiger partial charge in [-0.15, -0.1) is 12.4 Å². The van der Waals surface area contributed by atoms with Crippen LogP contribution in [0.15, 0.2) is 24.5 Å². The minimum atomic E-state index is 0. The van der Waals surface area contributed by atoms with Gasteiger partial charge >= 0.3 is 0 Å². The monoisotopic (exact) mass is 214 g/mol. The Bertz CT molecular complexity index is 224.